The number of amides is 1. The molecule has 3 aromatic heterocycles. The van der Waals surface area contributed by atoms with E-state index in [9.17, 15) is 4.79 Å². The number of nitrogens with zero attached hydrogens (tertiary/aromatic N) is 6. The number of nitrogens with one attached hydrogen (secondary N) is 1. The largest absolute Gasteiger partial charge is 0.444 e. The van der Waals surface area contributed by atoms with Crippen LogP contribution < -0.4 is 0 Å². The summed E-state index contributed by atoms with van der Waals surface area (Å²) in [5.41, 5.74) is 4.95. The van der Waals surface area contributed by atoms with Crippen LogP contribution >= 0.6 is 0 Å². The second-order valence-corrected chi connectivity index (χ2v) is 22.0. The Morgan fingerprint density at radius 1 is 0.882 bits per heavy atom. The van der Waals surface area contributed by atoms with Gasteiger partial charge in [-0.05, 0) is 87.5 Å². The van der Waals surface area contributed by atoms with E-state index in [0.717, 1.165) is 69.5 Å². The van der Waals surface area contributed by atoms with Crippen LogP contribution in [0.1, 0.15) is 82.9 Å². The third kappa shape index (κ3) is 8.09. The Balaban J connectivity index is 1.12. The first-order chi connectivity index (χ1) is 24.4. The first-order valence-electron chi connectivity index (χ1n) is 18.5. The molecule has 1 saturated carbocycles. The number of fused-ring (bicyclic) bond motifs is 1. The Hall–Kier alpha value is -4.35. The molecule has 2 aliphatic rings. The summed E-state index contributed by atoms with van der Waals surface area (Å²) in [4.78, 5) is 28.2. The van der Waals surface area contributed by atoms with Crippen molar-refractivity contribution in [3.8, 4) is 33.9 Å². The quantitative estimate of drug-likeness (QED) is 0.114. The number of rotatable bonds is 10. The van der Waals surface area contributed by atoms with Gasteiger partial charge in [0.2, 0.25) is 0 Å². The monoisotopic (exact) mass is 705 g/mol. The number of aromatic nitrogens is 6. The van der Waals surface area contributed by atoms with E-state index in [1.807, 2.05) is 45.3 Å². The second-order valence-electron chi connectivity index (χ2n) is 16.4. The van der Waals surface area contributed by atoms with E-state index in [0.29, 0.717) is 31.5 Å². The molecule has 2 fully saturated rings. The molecule has 0 radical (unpaired) electrons. The van der Waals surface area contributed by atoms with E-state index in [4.69, 9.17) is 19.4 Å². The van der Waals surface area contributed by atoms with E-state index in [-0.39, 0.29) is 12.1 Å². The Kier molecular flexibility index (Phi) is 9.86. The lowest BCUT2D eigenvalue weighted by Crippen LogP contribution is -2.37. The molecule has 1 aliphatic heterocycles. The number of ether oxygens (including phenoxy) is 2. The van der Waals surface area contributed by atoms with Gasteiger partial charge in [-0.25, -0.2) is 14.8 Å². The normalized spacial score (nSPS) is 17.1. The first kappa shape index (κ1) is 35.1. The summed E-state index contributed by atoms with van der Waals surface area (Å²) in [6.45, 7) is 14.3. The summed E-state index contributed by atoms with van der Waals surface area (Å²) < 4.78 is 14.1. The lowest BCUT2D eigenvalue weighted by molar-refractivity contribution is 0.0204. The molecule has 268 valence electrons. The third-order valence-electron chi connectivity index (χ3n) is 9.99. The zero-order valence-corrected chi connectivity index (χ0v) is 31.9. The van der Waals surface area contributed by atoms with Gasteiger partial charge in [-0.1, -0.05) is 56.7 Å². The number of benzene rings is 2. The van der Waals surface area contributed by atoms with E-state index in [1.165, 1.54) is 25.7 Å². The summed E-state index contributed by atoms with van der Waals surface area (Å²) in [5.74, 6) is 2.47. The van der Waals surface area contributed by atoms with Crippen molar-refractivity contribution in [3.05, 3.63) is 72.6 Å². The highest BCUT2D eigenvalue weighted by Crippen LogP contribution is 2.36. The maximum absolute atomic E-state index is 13.2. The highest BCUT2D eigenvalue weighted by Gasteiger charge is 2.36. The van der Waals surface area contributed by atoms with Crippen molar-refractivity contribution in [1.82, 2.24) is 34.6 Å². The standard InChI is InChI=1S/C40H51N7O3Si/c1-40(2,3)50-39(48)46-19-9-12-35(46)38-42-25-36(47(38)26-49-20-21-51(4,5)6)33-18-17-32(44-45-33)30-15-13-29-23-31(16-14-28(29)22-30)34-24-41-37(43-34)27-10-7-8-11-27/h13-18,22-25,27,35H,7-12,19-21,26H2,1-6H3,(H,41,43)/t35-/m0/s1. The number of imidazole rings is 2. The van der Waals surface area contributed by atoms with Gasteiger partial charge in [0.15, 0.2) is 0 Å². The third-order valence-corrected chi connectivity index (χ3v) is 11.7. The highest BCUT2D eigenvalue weighted by molar-refractivity contribution is 6.76. The van der Waals surface area contributed by atoms with E-state index in [2.05, 4.69) is 75.8 Å². The smallest absolute Gasteiger partial charge is 0.410 e. The Morgan fingerprint density at radius 2 is 1.59 bits per heavy atom. The number of carbonyl (C=O) groups is 1. The van der Waals surface area contributed by atoms with E-state index in [1.54, 1.807) is 4.90 Å². The molecule has 51 heavy (non-hydrogen) atoms. The number of aromatic amines is 1. The maximum Gasteiger partial charge on any atom is 0.410 e. The van der Waals surface area contributed by atoms with Crippen molar-refractivity contribution < 1.29 is 14.3 Å². The molecule has 1 atom stereocenters. The van der Waals surface area contributed by atoms with Crippen LogP contribution in [0.3, 0.4) is 0 Å². The molecule has 10 nitrogen and oxygen atoms in total. The molecule has 1 amide bonds. The topological polar surface area (TPSA) is 111 Å². The van der Waals surface area contributed by atoms with Crippen molar-refractivity contribution in [3.63, 3.8) is 0 Å². The zero-order chi connectivity index (χ0) is 35.8. The molecule has 2 aromatic carbocycles. The Bertz CT molecular complexity index is 1980. The van der Waals surface area contributed by atoms with Crippen LogP contribution in [-0.2, 0) is 16.2 Å². The number of likely N-dealkylation sites (tertiary alicyclic amines) is 1. The molecule has 11 heteroatoms. The van der Waals surface area contributed by atoms with Gasteiger partial charge in [0.05, 0.1) is 35.5 Å². The molecule has 4 heterocycles. The van der Waals surface area contributed by atoms with E-state index < -0.39 is 13.7 Å². The van der Waals surface area contributed by atoms with Crippen LogP contribution in [-0.4, -0.2) is 67.5 Å². The second kappa shape index (κ2) is 14.3. The van der Waals surface area contributed by atoms with Crippen molar-refractivity contribution in [2.24, 2.45) is 0 Å². The average molecular weight is 706 g/mol. The molecule has 7 rings (SSSR count). The predicted molar refractivity (Wildman–Crippen MR) is 204 cm³/mol. The number of hydrogen-bond donors (Lipinski definition) is 1. The van der Waals surface area contributed by atoms with E-state index >= 15 is 0 Å². The van der Waals surface area contributed by atoms with Gasteiger partial charge >= 0.3 is 6.09 Å². The minimum atomic E-state index is -1.27. The van der Waals surface area contributed by atoms with Crippen LogP contribution in [0.15, 0.2) is 60.9 Å². The summed E-state index contributed by atoms with van der Waals surface area (Å²) in [5, 5.41) is 11.7. The lowest BCUT2D eigenvalue weighted by Gasteiger charge is -2.29. The van der Waals surface area contributed by atoms with Crippen molar-refractivity contribution in [2.75, 3.05) is 13.2 Å². The summed E-state index contributed by atoms with van der Waals surface area (Å²) in [6.07, 6.45) is 10.2. The number of H-pyrrole nitrogens is 1. The van der Waals surface area contributed by atoms with Crippen molar-refractivity contribution in [1.29, 1.82) is 0 Å². The van der Waals surface area contributed by atoms with Crippen LogP contribution in [0.5, 0.6) is 0 Å². The highest BCUT2D eigenvalue weighted by atomic mass is 28.3. The van der Waals surface area contributed by atoms with Crippen LogP contribution in [0, 0.1) is 0 Å². The SMILES string of the molecule is CC(C)(C)OC(=O)N1CCC[C@H]1c1ncc(-c2ccc(-c3ccc4cc(-c5cnc(C6CCCC6)[nH]5)ccc4c3)nn2)n1COCC[Si](C)(C)C. The molecule has 5 aromatic rings. The molecule has 0 bridgehead atoms. The maximum atomic E-state index is 13.2. The molecule has 0 spiro atoms. The average Bonchev–Trinajstić information content (AvgIpc) is 3.92. The van der Waals surface area contributed by atoms with Crippen LogP contribution in [0.2, 0.25) is 25.7 Å². The van der Waals surface area contributed by atoms with Gasteiger partial charge in [-0.3, -0.25) is 4.90 Å². The van der Waals surface area contributed by atoms with Crippen LogP contribution in [0.25, 0.3) is 44.7 Å². The van der Waals surface area contributed by atoms with Gasteiger partial charge in [-0.15, -0.1) is 10.2 Å². The minimum Gasteiger partial charge on any atom is -0.444 e. The zero-order valence-electron chi connectivity index (χ0n) is 30.9. The lowest BCUT2D eigenvalue weighted by atomic mass is 10.0. The molecule has 0 unspecified atom stereocenters. The first-order valence-corrected chi connectivity index (χ1v) is 22.2. The fourth-order valence-electron chi connectivity index (χ4n) is 7.19. The summed E-state index contributed by atoms with van der Waals surface area (Å²) in [7, 11) is -1.27. The van der Waals surface area contributed by atoms with Gasteiger partial charge in [0.1, 0.15) is 29.7 Å². The van der Waals surface area contributed by atoms with Crippen molar-refractivity contribution >= 4 is 24.9 Å². The fourth-order valence-corrected chi connectivity index (χ4v) is 7.95. The number of carbonyl (C=O) groups excluding carboxylic acids is 1. The Morgan fingerprint density at radius 3 is 2.29 bits per heavy atom. The summed E-state index contributed by atoms with van der Waals surface area (Å²) >= 11 is 0. The van der Waals surface area contributed by atoms with Gasteiger partial charge in [-0.2, -0.15) is 0 Å². The molecule has 1 N–H and O–H groups in total. The fraction of sp³-hybridized carbons (Fsp3) is 0.475. The Labute approximate surface area is 302 Å². The van der Waals surface area contributed by atoms with Gasteiger partial charge in [0, 0.05) is 38.3 Å². The molecule has 1 aliphatic carbocycles. The van der Waals surface area contributed by atoms with Crippen LogP contribution in [0.4, 0.5) is 4.79 Å². The van der Waals surface area contributed by atoms with Gasteiger partial charge in [0.25, 0.3) is 0 Å². The summed E-state index contributed by atoms with van der Waals surface area (Å²) in [6, 6.07) is 17.8. The number of hydrogen-bond acceptors (Lipinski definition) is 7. The molecule has 1 saturated heterocycles. The van der Waals surface area contributed by atoms with Gasteiger partial charge < -0.3 is 19.0 Å². The molecular formula is C40H51N7O3Si. The van der Waals surface area contributed by atoms with Crippen molar-refractivity contribution in [2.45, 2.75) is 109 Å². The predicted octanol–water partition coefficient (Wildman–Crippen LogP) is 9.59. The molecular weight excluding hydrogens is 655 g/mol. The minimum absolute atomic E-state index is 0.206.